The Hall–Kier alpha value is -2.41. The van der Waals surface area contributed by atoms with Gasteiger partial charge in [-0.3, -0.25) is 14.3 Å². The average Bonchev–Trinajstić information content (AvgIpc) is 3.30. The number of Topliss-reactive ketones (excluding diaryl/α,β-unsaturated/α-hetero) is 1. The SMILES string of the molecule is Cc1c(C(=O)Nc2cnn(CC3CCCO3)c2)oc2c1C(=O)CCC2. The Labute approximate surface area is 145 Å². The van der Waals surface area contributed by atoms with Crippen molar-refractivity contribution in [2.24, 2.45) is 0 Å². The Balaban J connectivity index is 1.47. The Morgan fingerprint density at radius 1 is 1.40 bits per heavy atom. The minimum absolute atomic E-state index is 0.0610. The summed E-state index contributed by atoms with van der Waals surface area (Å²) in [6, 6.07) is 0. The zero-order valence-corrected chi connectivity index (χ0v) is 14.2. The molecule has 1 aliphatic heterocycles. The number of rotatable bonds is 4. The molecule has 1 N–H and O–H groups in total. The number of fused-ring (bicyclic) bond motifs is 1. The number of hydrogen-bond donors (Lipinski definition) is 1. The first-order valence-electron chi connectivity index (χ1n) is 8.72. The molecule has 2 aromatic rings. The van der Waals surface area contributed by atoms with Crippen LogP contribution < -0.4 is 5.32 Å². The van der Waals surface area contributed by atoms with Gasteiger partial charge in [0, 0.05) is 31.2 Å². The highest BCUT2D eigenvalue weighted by atomic mass is 16.5. The second kappa shape index (κ2) is 6.48. The standard InChI is InChI=1S/C18H21N3O4/c1-11-16-14(22)5-2-6-15(16)25-17(11)18(23)20-12-8-19-21(9-12)10-13-4-3-7-24-13/h8-9,13H,2-7,10H2,1H3,(H,20,23). The van der Waals surface area contributed by atoms with Crippen LogP contribution in [0.1, 0.15) is 57.9 Å². The number of amides is 1. The monoisotopic (exact) mass is 343 g/mol. The van der Waals surface area contributed by atoms with Gasteiger partial charge in [0.2, 0.25) is 0 Å². The van der Waals surface area contributed by atoms with Gasteiger partial charge in [-0.15, -0.1) is 0 Å². The summed E-state index contributed by atoms with van der Waals surface area (Å²) in [5, 5.41) is 7.06. The normalized spacial score (nSPS) is 19.9. The quantitative estimate of drug-likeness (QED) is 0.922. The molecule has 2 aromatic heterocycles. The molecule has 1 unspecified atom stereocenters. The lowest BCUT2D eigenvalue weighted by Crippen LogP contribution is -2.15. The third kappa shape index (κ3) is 3.11. The number of carbonyl (C=O) groups is 2. The van der Waals surface area contributed by atoms with Gasteiger partial charge >= 0.3 is 0 Å². The van der Waals surface area contributed by atoms with Crippen LogP contribution in [0, 0.1) is 6.92 Å². The van der Waals surface area contributed by atoms with Crippen LogP contribution in [0.25, 0.3) is 0 Å². The molecule has 1 atom stereocenters. The lowest BCUT2D eigenvalue weighted by molar-refractivity contribution is 0.0939. The first kappa shape index (κ1) is 16.1. The summed E-state index contributed by atoms with van der Waals surface area (Å²) < 4.78 is 13.0. The molecule has 1 aliphatic carbocycles. The van der Waals surface area contributed by atoms with E-state index in [1.807, 2.05) is 0 Å². The molecule has 7 heteroatoms. The van der Waals surface area contributed by atoms with Crippen molar-refractivity contribution in [3.63, 3.8) is 0 Å². The van der Waals surface area contributed by atoms with Crippen LogP contribution in [0.15, 0.2) is 16.8 Å². The zero-order valence-electron chi connectivity index (χ0n) is 14.2. The summed E-state index contributed by atoms with van der Waals surface area (Å²) in [6.07, 6.45) is 7.69. The van der Waals surface area contributed by atoms with E-state index < -0.39 is 0 Å². The summed E-state index contributed by atoms with van der Waals surface area (Å²) in [4.78, 5) is 24.6. The molecule has 7 nitrogen and oxygen atoms in total. The highest BCUT2D eigenvalue weighted by Crippen LogP contribution is 2.29. The van der Waals surface area contributed by atoms with E-state index in [0.717, 1.165) is 25.9 Å². The van der Waals surface area contributed by atoms with Crippen LogP contribution >= 0.6 is 0 Å². The molecule has 132 valence electrons. The molecular formula is C18H21N3O4. The number of anilines is 1. The van der Waals surface area contributed by atoms with Gasteiger partial charge in [0.15, 0.2) is 11.5 Å². The number of aryl methyl sites for hydroxylation is 1. The number of furan rings is 1. The van der Waals surface area contributed by atoms with Crippen LogP contribution in [0.4, 0.5) is 5.69 Å². The van der Waals surface area contributed by atoms with E-state index in [4.69, 9.17) is 9.15 Å². The predicted molar refractivity (Wildman–Crippen MR) is 89.9 cm³/mol. The third-order valence-electron chi connectivity index (χ3n) is 4.82. The van der Waals surface area contributed by atoms with Crippen LogP contribution in [0.2, 0.25) is 0 Å². The lowest BCUT2D eigenvalue weighted by atomic mass is 9.94. The molecule has 1 fully saturated rings. The molecule has 4 rings (SSSR count). The first-order valence-corrected chi connectivity index (χ1v) is 8.72. The molecule has 2 aliphatic rings. The van der Waals surface area contributed by atoms with Crippen molar-refractivity contribution in [2.75, 3.05) is 11.9 Å². The van der Waals surface area contributed by atoms with Gasteiger partial charge in [-0.25, -0.2) is 0 Å². The van der Waals surface area contributed by atoms with E-state index >= 15 is 0 Å². The smallest absolute Gasteiger partial charge is 0.291 e. The molecule has 0 spiro atoms. The Kier molecular flexibility index (Phi) is 4.17. The molecule has 0 bridgehead atoms. The molecule has 3 heterocycles. The van der Waals surface area contributed by atoms with E-state index in [2.05, 4.69) is 10.4 Å². The van der Waals surface area contributed by atoms with Gasteiger partial charge in [0.1, 0.15) is 5.76 Å². The molecule has 0 aromatic carbocycles. The van der Waals surface area contributed by atoms with Crippen molar-refractivity contribution in [1.29, 1.82) is 0 Å². The van der Waals surface area contributed by atoms with Crippen LogP contribution in [0.5, 0.6) is 0 Å². The van der Waals surface area contributed by atoms with E-state index in [1.54, 1.807) is 24.0 Å². The van der Waals surface area contributed by atoms with Gasteiger partial charge in [-0.2, -0.15) is 5.10 Å². The third-order valence-corrected chi connectivity index (χ3v) is 4.82. The Morgan fingerprint density at radius 2 is 2.28 bits per heavy atom. The van der Waals surface area contributed by atoms with Gasteiger partial charge in [0.05, 0.1) is 30.1 Å². The zero-order chi connectivity index (χ0) is 17.4. The molecule has 0 saturated carbocycles. The van der Waals surface area contributed by atoms with E-state index in [-0.39, 0.29) is 23.6 Å². The fourth-order valence-corrected chi connectivity index (χ4v) is 3.58. The van der Waals surface area contributed by atoms with Crippen LogP contribution in [0.3, 0.4) is 0 Å². The molecule has 1 amide bonds. The fourth-order valence-electron chi connectivity index (χ4n) is 3.58. The van der Waals surface area contributed by atoms with Crippen molar-refractivity contribution >= 4 is 17.4 Å². The number of hydrogen-bond acceptors (Lipinski definition) is 5. The second-order valence-electron chi connectivity index (χ2n) is 6.67. The van der Waals surface area contributed by atoms with Gasteiger partial charge in [-0.1, -0.05) is 0 Å². The number of nitrogens with one attached hydrogen (secondary N) is 1. The minimum atomic E-state index is -0.351. The van der Waals surface area contributed by atoms with Crippen LogP contribution in [-0.2, 0) is 17.7 Å². The van der Waals surface area contributed by atoms with Crippen molar-refractivity contribution in [1.82, 2.24) is 9.78 Å². The summed E-state index contributed by atoms with van der Waals surface area (Å²) in [5.74, 6) is 0.558. The average molecular weight is 343 g/mol. The number of ketones is 1. The summed E-state index contributed by atoms with van der Waals surface area (Å²) in [7, 11) is 0. The van der Waals surface area contributed by atoms with Crippen LogP contribution in [-0.4, -0.2) is 34.2 Å². The molecule has 1 saturated heterocycles. The lowest BCUT2D eigenvalue weighted by Gasteiger charge is -2.08. The van der Waals surface area contributed by atoms with Crippen molar-refractivity contribution in [3.8, 4) is 0 Å². The number of carbonyl (C=O) groups excluding carboxylic acids is 2. The summed E-state index contributed by atoms with van der Waals surface area (Å²) in [6.45, 7) is 3.25. The van der Waals surface area contributed by atoms with Crippen molar-refractivity contribution in [3.05, 3.63) is 35.0 Å². The Bertz CT molecular complexity index is 814. The van der Waals surface area contributed by atoms with Gasteiger partial charge in [-0.05, 0) is 26.2 Å². The van der Waals surface area contributed by atoms with E-state index in [1.165, 1.54) is 0 Å². The molecular weight excluding hydrogens is 322 g/mol. The van der Waals surface area contributed by atoms with Gasteiger partial charge < -0.3 is 14.5 Å². The summed E-state index contributed by atoms with van der Waals surface area (Å²) >= 11 is 0. The fraction of sp³-hybridized carbons (Fsp3) is 0.500. The maximum absolute atomic E-state index is 12.5. The van der Waals surface area contributed by atoms with Gasteiger partial charge in [0.25, 0.3) is 5.91 Å². The first-order chi connectivity index (χ1) is 12.1. The molecule has 25 heavy (non-hydrogen) atoms. The summed E-state index contributed by atoms with van der Waals surface area (Å²) in [5.41, 5.74) is 1.82. The van der Waals surface area contributed by atoms with Crippen molar-refractivity contribution < 1.29 is 18.7 Å². The number of ether oxygens (including phenoxy) is 1. The minimum Gasteiger partial charge on any atom is -0.455 e. The maximum atomic E-state index is 12.5. The van der Waals surface area contributed by atoms with Crippen molar-refractivity contribution in [2.45, 2.75) is 51.7 Å². The highest BCUT2D eigenvalue weighted by Gasteiger charge is 2.29. The Morgan fingerprint density at radius 3 is 3.04 bits per heavy atom. The highest BCUT2D eigenvalue weighted by molar-refractivity contribution is 6.07. The number of aromatic nitrogens is 2. The predicted octanol–water partition coefficient (Wildman–Crippen LogP) is 2.73. The van der Waals surface area contributed by atoms with E-state index in [9.17, 15) is 9.59 Å². The topological polar surface area (TPSA) is 86.4 Å². The maximum Gasteiger partial charge on any atom is 0.291 e. The van der Waals surface area contributed by atoms with E-state index in [0.29, 0.717) is 42.0 Å². The second-order valence-corrected chi connectivity index (χ2v) is 6.67. The largest absolute Gasteiger partial charge is 0.455 e. The molecule has 0 radical (unpaired) electrons. The number of nitrogens with zero attached hydrogens (tertiary/aromatic N) is 2.